The lowest BCUT2D eigenvalue weighted by Crippen LogP contribution is -2.31. The molecule has 222 valence electrons. The molecule has 0 saturated carbocycles. The van der Waals surface area contributed by atoms with Gasteiger partial charge in [-0.3, -0.25) is 18.3 Å². The Morgan fingerprint density at radius 2 is 1.74 bits per heavy atom. The number of fused-ring (bicyclic) bond motifs is 1. The van der Waals surface area contributed by atoms with Crippen LogP contribution in [0.3, 0.4) is 0 Å². The summed E-state index contributed by atoms with van der Waals surface area (Å²) in [6, 6.07) is 15.5. The number of furan rings is 1. The normalized spacial score (nSPS) is 11.7. The van der Waals surface area contributed by atoms with Crippen molar-refractivity contribution in [2.24, 2.45) is 5.92 Å². The zero-order valence-electron chi connectivity index (χ0n) is 24.0. The number of ketones is 1. The molecule has 0 aliphatic rings. The topological polar surface area (TPSA) is 96.7 Å². The zero-order chi connectivity index (χ0) is 30.6. The number of nitrogens with zero attached hydrogens (tertiary/aromatic N) is 1. The highest BCUT2D eigenvalue weighted by Gasteiger charge is 2.27. The molecule has 1 heterocycles. The highest BCUT2D eigenvalue weighted by Crippen LogP contribution is 2.42. The van der Waals surface area contributed by atoms with Crippen LogP contribution in [0.1, 0.15) is 54.3 Å². The molecular weight excluding hydrogens is 562 g/mol. The van der Waals surface area contributed by atoms with Gasteiger partial charge in [0.25, 0.3) is 5.91 Å². The molecule has 1 N–H and O–H groups in total. The summed E-state index contributed by atoms with van der Waals surface area (Å²) in [5.74, 6) is -0.468. The number of benzene rings is 3. The van der Waals surface area contributed by atoms with E-state index < -0.39 is 22.5 Å². The molecule has 0 unspecified atom stereocenters. The van der Waals surface area contributed by atoms with Crippen molar-refractivity contribution in [2.75, 3.05) is 30.3 Å². The van der Waals surface area contributed by atoms with Crippen LogP contribution in [0, 0.1) is 11.7 Å². The number of halogens is 2. The number of sulfonamides is 1. The smallest absolute Gasteiger partial charge is 0.251 e. The Morgan fingerprint density at radius 1 is 1.02 bits per heavy atom. The third kappa shape index (κ3) is 6.70. The van der Waals surface area contributed by atoms with Crippen LogP contribution in [0.4, 0.5) is 14.5 Å². The number of nitrogens with one attached hydrogen (secondary N) is 1. The number of carbonyl (C=O) groups excluding carboxylic acids is 2. The first-order chi connectivity index (χ1) is 19.9. The van der Waals surface area contributed by atoms with Crippen molar-refractivity contribution in [1.82, 2.24) is 5.32 Å². The minimum absolute atomic E-state index is 0.0409. The molecule has 10 heteroatoms. The number of carbonyl (C=O) groups is 2. The molecule has 1 amide bonds. The molecule has 4 aromatic rings. The Kier molecular flexibility index (Phi) is 9.46. The first kappa shape index (κ1) is 30.9. The monoisotopic (exact) mass is 596 g/mol. The molecule has 4 rings (SSSR count). The van der Waals surface area contributed by atoms with Crippen molar-refractivity contribution in [2.45, 2.75) is 33.6 Å². The largest absolute Gasteiger partial charge is 0.455 e. The molecular formula is C32H34F2N2O5S. The van der Waals surface area contributed by atoms with E-state index in [-0.39, 0.29) is 59.6 Å². The van der Waals surface area contributed by atoms with Crippen molar-refractivity contribution in [3.05, 3.63) is 77.6 Å². The summed E-state index contributed by atoms with van der Waals surface area (Å²) in [6.07, 6.45) is 1.16. The van der Waals surface area contributed by atoms with Crippen molar-refractivity contribution < 1.29 is 31.2 Å². The van der Waals surface area contributed by atoms with Gasteiger partial charge in [0.05, 0.1) is 24.2 Å². The first-order valence-corrected chi connectivity index (χ1v) is 15.6. The molecule has 0 radical (unpaired) electrons. The van der Waals surface area contributed by atoms with Gasteiger partial charge in [-0.2, -0.15) is 0 Å². The SMILES string of the molecule is CCC(=O)c1c(-c2ccc(F)cc2)oc2cc(N(CCCF)S(C)(=O)=O)c(-c3cccc(C(=O)NCC(C)C)c3)cc12. The van der Waals surface area contributed by atoms with E-state index in [1.54, 1.807) is 37.3 Å². The van der Waals surface area contributed by atoms with Crippen LogP contribution >= 0.6 is 0 Å². The van der Waals surface area contributed by atoms with Crippen LogP contribution in [0.2, 0.25) is 0 Å². The Morgan fingerprint density at radius 3 is 2.36 bits per heavy atom. The van der Waals surface area contributed by atoms with Gasteiger partial charge in [-0.25, -0.2) is 12.8 Å². The Bertz CT molecular complexity index is 1710. The van der Waals surface area contributed by atoms with Crippen molar-refractivity contribution in [1.29, 1.82) is 0 Å². The van der Waals surface area contributed by atoms with Crippen molar-refractivity contribution >= 4 is 38.4 Å². The highest BCUT2D eigenvalue weighted by atomic mass is 32.2. The predicted molar refractivity (Wildman–Crippen MR) is 162 cm³/mol. The van der Waals surface area contributed by atoms with Crippen molar-refractivity contribution in [3.8, 4) is 22.5 Å². The molecule has 1 aromatic heterocycles. The van der Waals surface area contributed by atoms with Crippen LogP contribution in [-0.2, 0) is 10.0 Å². The van der Waals surface area contributed by atoms with E-state index >= 15 is 0 Å². The van der Waals surface area contributed by atoms with E-state index in [0.717, 1.165) is 10.6 Å². The Labute approximate surface area is 244 Å². The molecule has 42 heavy (non-hydrogen) atoms. The minimum Gasteiger partial charge on any atom is -0.455 e. The quantitative estimate of drug-likeness (QED) is 0.178. The second-order valence-electron chi connectivity index (χ2n) is 10.5. The van der Waals surface area contributed by atoms with E-state index in [1.807, 2.05) is 13.8 Å². The van der Waals surface area contributed by atoms with Crippen molar-refractivity contribution in [3.63, 3.8) is 0 Å². The number of anilines is 1. The van der Waals surface area contributed by atoms with Gasteiger partial charge in [0.1, 0.15) is 17.2 Å². The minimum atomic E-state index is -3.88. The molecule has 0 aliphatic carbocycles. The molecule has 0 spiro atoms. The van der Waals surface area contributed by atoms with Crippen LogP contribution in [0.15, 0.2) is 65.1 Å². The fourth-order valence-corrected chi connectivity index (χ4v) is 5.69. The lowest BCUT2D eigenvalue weighted by atomic mass is 9.95. The fourth-order valence-electron chi connectivity index (χ4n) is 4.72. The first-order valence-electron chi connectivity index (χ1n) is 13.8. The number of hydrogen-bond acceptors (Lipinski definition) is 5. The molecule has 7 nitrogen and oxygen atoms in total. The fraction of sp³-hybridized carbons (Fsp3) is 0.312. The summed E-state index contributed by atoms with van der Waals surface area (Å²) in [5, 5.41) is 3.32. The van der Waals surface area contributed by atoms with Crippen LogP contribution in [-0.4, -0.2) is 46.1 Å². The number of Topliss-reactive ketones (excluding diaryl/α,β-unsaturated/α-hetero) is 1. The molecule has 0 aliphatic heterocycles. The highest BCUT2D eigenvalue weighted by molar-refractivity contribution is 7.92. The van der Waals surface area contributed by atoms with Gasteiger partial charge >= 0.3 is 0 Å². The third-order valence-electron chi connectivity index (χ3n) is 6.78. The lowest BCUT2D eigenvalue weighted by Gasteiger charge is -2.25. The summed E-state index contributed by atoms with van der Waals surface area (Å²) in [6.45, 7) is 5.31. The lowest BCUT2D eigenvalue weighted by molar-refractivity contribution is 0.0947. The summed E-state index contributed by atoms with van der Waals surface area (Å²) < 4.78 is 60.2. The van der Waals surface area contributed by atoms with Gasteiger partial charge in [0.2, 0.25) is 10.0 Å². The standard InChI is InChI=1S/C32H34F2N2O5S/c1-5-28(37)30-26-17-25(22-8-6-9-23(16-22)32(38)35-19-20(2)3)27(36(15-7-14-33)42(4,39)40)18-29(26)41-31(30)21-10-12-24(34)13-11-21/h6,8-13,16-18,20H,5,7,14-15,19H2,1-4H3,(H,35,38). The van der Waals surface area contributed by atoms with Gasteiger partial charge in [-0.05, 0) is 60.4 Å². The molecule has 3 aromatic carbocycles. The summed E-state index contributed by atoms with van der Waals surface area (Å²) in [4.78, 5) is 26.1. The van der Waals surface area contributed by atoms with E-state index in [1.165, 1.54) is 30.3 Å². The van der Waals surface area contributed by atoms with Gasteiger partial charge in [-0.15, -0.1) is 0 Å². The van der Waals surface area contributed by atoms with Crippen LogP contribution in [0.25, 0.3) is 33.4 Å². The Hall–Kier alpha value is -4.05. The van der Waals surface area contributed by atoms with E-state index in [0.29, 0.717) is 34.2 Å². The third-order valence-corrected chi connectivity index (χ3v) is 7.96. The summed E-state index contributed by atoms with van der Waals surface area (Å²) in [7, 11) is -3.88. The van der Waals surface area contributed by atoms with Gasteiger partial charge < -0.3 is 9.73 Å². The second-order valence-corrected chi connectivity index (χ2v) is 12.4. The maximum Gasteiger partial charge on any atom is 0.251 e. The molecule has 0 saturated heterocycles. The molecule has 0 fully saturated rings. The maximum atomic E-state index is 13.7. The molecule has 0 bridgehead atoms. The average Bonchev–Trinajstić information content (AvgIpc) is 3.33. The van der Waals surface area contributed by atoms with Gasteiger partial charge in [0.15, 0.2) is 5.78 Å². The predicted octanol–water partition coefficient (Wildman–Crippen LogP) is 7.01. The van der Waals surface area contributed by atoms with E-state index in [4.69, 9.17) is 4.42 Å². The number of amides is 1. The number of rotatable bonds is 12. The number of alkyl halides is 1. The maximum absolute atomic E-state index is 13.7. The van der Waals surface area contributed by atoms with E-state index in [2.05, 4.69) is 5.32 Å². The average molecular weight is 597 g/mol. The van der Waals surface area contributed by atoms with Gasteiger partial charge in [-0.1, -0.05) is 32.9 Å². The van der Waals surface area contributed by atoms with Gasteiger partial charge in [0, 0.05) is 47.7 Å². The van der Waals surface area contributed by atoms with Crippen LogP contribution in [0.5, 0.6) is 0 Å². The summed E-state index contributed by atoms with van der Waals surface area (Å²) in [5.41, 5.74) is 2.54. The van der Waals surface area contributed by atoms with E-state index in [9.17, 15) is 26.8 Å². The van der Waals surface area contributed by atoms with Crippen LogP contribution < -0.4 is 9.62 Å². The zero-order valence-corrected chi connectivity index (χ0v) is 24.9. The second kappa shape index (κ2) is 12.9. The Balaban J connectivity index is 2.02. The molecule has 0 atom stereocenters. The summed E-state index contributed by atoms with van der Waals surface area (Å²) >= 11 is 0. The number of hydrogen-bond donors (Lipinski definition) is 1.